The second-order valence-electron chi connectivity index (χ2n) is 7.49. The van der Waals surface area contributed by atoms with Crippen molar-refractivity contribution in [1.29, 1.82) is 0 Å². The number of carbonyl (C=O) groups excluding carboxylic acids is 1. The Bertz CT molecular complexity index is 692. The van der Waals surface area contributed by atoms with E-state index in [0.29, 0.717) is 30.6 Å². The van der Waals surface area contributed by atoms with Gasteiger partial charge in [-0.05, 0) is 43.8 Å². The lowest BCUT2D eigenvalue weighted by atomic mass is 9.64. The quantitative estimate of drug-likeness (QED) is 0.762. The van der Waals surface area contributed by atoms with Crippen molar-refractivity contribution in [3.05, 3.63) is 39.5 Å². The molecule has 0 saturated carbocycles. The molecule has 3 rings (SSSR count). The van der Waals surface area contributed by atoms with Crippen molar-refractivity contribution in [2.75, 3.05) is 13.2 Å². The number of fused-ring (bicyclic) bond motifs is 2. The van der Waals surface area contributed by atoms with Crippen molar-refractivity contribution >= 4 is 5.78 Å². The number of hydrogen-bond donors (Lipinski definition) is 2. The van der Waals surface area contributed by atoms with Gasteiger partial charge in [0.25, 0.3) is 0 Å². The summed E-state index contributed by atoms with van der Waals surface area (Å²) < 4.78 is 5.56. The Labute approximate surface area is 147 Å². The van der Waals surface area contributed by atoms with Crippen LogP contribution in [0.4, 0.5) is 0 Å². The van der Waals surface area contributed by atoms with Gasteiger partial charge in [0, 0.05) is 17.4 Å². The molecular weight excluding hydrogens is 322 g/mol. The van der Waals surface area contributed by atoms with Crippen LogP contribution in [0.5, 0.6) is 0 Å². The van der Waals surface area contributed by atoms with Gasteiger partial charge in [-0.1, -0.05) is 24.3 Å². The molecule has 2 unspecified atom stereocenters. The van der Waals surface area contributed by atoms with Crippen molar-refractivity contribution in [2.45, 2.75) is 45.3 Å². The molecule has 0 aromatic rings. The van der Waals surface area contributed by atoms with Crippen molar-refractivity contribution in [2.24, 2.45) is 22.9 Å². The molecule has 3 aliphatic rings. The monoisotopic (exact) mass is 347 g/mol. The van der Waals surface area contributed by atoms with E-state index in [9.17, 15) is 19.9 Å². The number of nitroso groups, excluding NO2 is 1. The third kappa shape index (κ3) is 2.87. The van der Waals surface area contributed by atoms with Crippen LogP contribution in [-0.4, -0.2) is 40.9 Å². The molecule has 1 fully saturated rings. The average molecular weight is 347 g/mol. The van der Waals surface area contributed by atoms with Crippen LogP contribution in [0.3, 0.4) is 0 Å². The highest BCUT2D eigenvalue weighted by molar-refractivity contribution is 6.08. The van der Waals surface area contributed by atoms with Gasteiger partial charge in [-0.25, -0.2) is 0 Å². The minimum absolute atomic E-state index is 0.0508. The third-order valence-electron chi connectivity index (χ3n) is 6.17. The number of Topliss-reactive ketones (excluding diaryl/α,β-unsaturated/α-hetero) is 1. The van der Waals surface area contributed by atoms with Crippen LogP contribution in [0.25, 0.3) is 0 Å². The molecule has 6 heteroatoms. The first-order valence-electron chi connectivity index (χ1n) is 8.77. The molecule has 1 heterocycles. The van der Waals surface area contributed by atoms with Gasteiger partial charge >= 0.3 is 0 Å². The molecule has 0 aromatic heterocycles. The minimum Gasteiger partial charge on any atom is -0.504 e. The Balaban J connectivity index is 2.01. The van der Waals surface area contributed by atoms with Gasteiger partial charge in [-0.15, -0.1) is 0 Å². The highest BCUT2D eigenvalue weighted by Crippen LogP contribution is 2.47. The molecular formula is C19H25NO5. The van der Waals surface area contributed by atoms with Gasteiger partial charge in [-0.2, -0.15) is 4.91 Å². The van der Waals surface area contributed by atoms with Crippen molar-refractivity contribution < 1.29 is 19.7 Å². The molecule has 25 heavy (non-hydrogen) atoms. The number of aliphatic hydroxyl groups excluding tert-OH is 1. The van der Waals surface area contributed by atoms with Crippen LogP contribution in [0.2, 0.25) is 0 Å². The summed E-state index contributed by atoms with van der Waals surface area (Å²) in [5.74, 6) is -1.15. The molecule has 1 aliphatic heterocycles. The maximum absolute atomic E-state index is 12.8. The second kappa shape index (κ2) is 6.50. The second-order valence-corrected chi connectivity index (χ2v) is 7.49. The van der Waals surface area contributed by atoms with E-state index in [4.69, 9.17) is 4.74 Å². The molecule has 6 nitrogen and oxygen atoms in total. The fraction of sp³-hybridized carbons (Fsp3) is 0.632. The Morgan fingerprint density at radius 2 is 2.12 bits per heavy atom. The van der Waals surface area contributed by atoms with E-state index in [2.05, 4.69) is 5.18 Å². The van der Waals surface area contributed by atoms with E-state index in [1.165, 1.54) is 0 Å². The lowest BCUT2D eigenvalue weighted by molar-refractivity contribution is -0.144. The van der Waals surface area contributed by atoms with Crippen molar-refractivity contribution in [3.63, 3.8) is 0 Å². The van der Waals surface area contributed by atoms with Gasteiger partial charge in [0.1, 0.15) is 0 Å². The van der Waals surface area contributed by atoms with E-state index in [0.717, 1.165) is 5.57 Å². The largest absolute Gasteiger partial charge is 0.504 e. The smallest absolute Gasteiger partial charge is 0.223 e. The summed E-state index contributed by atoms with van der Waals surface area (Å²) in [6, 6.07) is 0. The van der Waals surface area contributed by atoms with E-state index < -0.39 is 11.4 Å². The number of rotatable bonds is 4. The number of nitrogens with zero attached hydrogens (tertiary/aromatic N) is 1. The zero-order chi connectivity index (χ0) is 18.4. The molecule has 2 N–H and O–H groups in total. The summed E-state index contributed by atoms with van der Waals surface area (Å²) in [4.78, 5) is 23.2. The fourth-order valence-electron chi connectivity index (χ4n) is 4.37. The molecule has 0 aromatic carbocycles. The number of ketones is 1. The van der Waals surface area contributed by atoms with Crippen molar-refractivity contribution in [1.82, 2.24) is 0 Å². The summed E-state index contributed by atoms with van der Waals surface area (Å²) >= 11 is 0. The molecule has 0 amide bonds. The topological polar surface area (TPSA) is 96.2 Å². The summed E-state index contributed by atoms with van der Waals surface area (Å²) in [5.41, 5.74) is 0.710. The SMILES string of the molecule is CC1=C2C(=O)/C(O)=C(/C)C([C@@H]3COC3CCN=O)C[C@](O)(C=C1)[C@H]2C. The lowest BCUT2D eigenvalue weighted by Crippen LogP contribution is -2.50. The van der Waals surface area contributed by atoms with Gasteiger partial charge in [-0.3, -0.25) is 4.79 Å². The zero-order valence-corrected chi connectivity index (χ0v) is 14.9. The Morgan fingerprint density at radius 1 is 1.40 bits per heavy atom. The van der Waals surface area contributed by atoms with E-state index in [1.807, 2.05) is 13.8 Å². The predicted molar refractivity (Wildman–Crippen MR) is 92.9 cm³/mol. The standard InChI is InChI=1S/C19H25NO5/c1-10-4-6-19(23)8-13(14-9-25-15(14)5-7-20-24)11(2)17(21)18(22)16(10)12(19)3/h4,6,12-15,21,23H,5,7-9H2,1-3H3/b17-11+/t12-,13?,14-,15?,19+/m0/s1. The number of aliphatic hydroxyl groups is 2. The first kappa shape index (κ1) is 18.0. The Hall–Kier alpha value is -1.79. The Morgan fingerprint density at radius 3 is 2.72 bits per heavy atom. The fourth-order valence-corrected chi connectivity index (χ4v) is 4.37. The van der Waals surface area contributed by atoms with Crippen LogP contribution < -0.4 is 0 Å². The number of ether oxygens (including phenoxy) is 1. The maximum Gasteiger partial charge on any atom is 0.223 e. The molecule has 1 saturated heterocycles. The minimum atomic E-state index is -1.14. The average Bonchev–Trinajstić information content (AvgIpc) is 2.55. The molecule has 136 valence electrons. The van der Waals surface area contributed by atoms with E-state index >= 15 is 0 Å². The van der Waals surface area contributed by atoms with Gasteiger partial charge in [0.2, 0.25) is 5.78 Å². The highest BCUT2D eigenvalue weighted by Gasteiger charge is 2.49. The Kier molecular flexibility index (Phi) is 4.68. The van der Waals surface area contributed by atoms with Crippen LogP contribution in [0.1, 0.15) is 33.6 Å². The first-order chi connectivity index (χ1) is 11.8. The molecule has 2 aliphatic carbocycles. The van der Waals surface area contributed by atoms with Crippen LogP contribution in [0.15, 0.2) is 39.8 Å². The van der Waals surface area contributed by atoms with Crippen molar-refractivity contribution in [3.8, 4) is 0 Å². The molecule has 2 bridgehead atoms. The van der Waals surface area contributed by atoms with Crippen LogP contribution >= 0.6 is 0 Å². The van der Waals surface area contributed by atoms with Gasteiger partial charge in [0.15, 0.2) is 5.76 Å². The normalized spacial score (nSPS) is 41.2. The van der Waals surface area contributed by atoms with Gasteiger partial charge < -0.3 is 14.9 Å². The predicted octanol–water partition coefficient (Wildman–Crippen LogP) is 2.83. The maximum atomic E-state index is 12.8. The number of allylic oxidation sites excluding steroid dienone is 4. The molecule has 0 radical (unpaired) electrons. The van der Waals surface area contributed by atoms with Crippen LogP contribution in [-0.2, 0) is 9.53 Å². The number of hydrogen-bond acceptors (Lipinski definition) is 6. The highest BCUT2D eigenvalue weighted by atomic mass is 16.5. The van der Waals surface area contributed by atoms with Gasteiger partial charge in [0.05, 0.1) is 24.9 Å². The first-order valence-corrected chi connectivity index (χ1v) is 8.77. The number of carbonyl (C=O) groups is 1. The summed E-state index contributed by atoms with van der Waals surface area (Å²) in [6.45, 7) is 6.07. The zero-order valence-electron chi connectivity index (χ0n) is 14.9. The summed E-state index contributed by atoms with van der Waals surface area (Å²) in [6.07, 6.45) is 4.32. The summed E-state index contributed by atoms with van der Waals surface area (Å²) in [7, 11) is 0. The molecule has 5 atom stereocenters. The van der Waals surface area contributed by atoms with Crippen LogP contribution in [0, 0.1) is 22.7 Å². The van der Waals surface area contributed by atoms with E-state index in [1.54, 1.807) is 19.1 Å². The van der Waals surface area contributed by atoms with E-state index in [-0.39, 0.29) is 36.2 Å². The summed E-state index contributed by atoms with van der Waals surface area (Å²) in [5, 5.41) is 24.7. The lowest BCUT2D eigenvalue weighted by Gasteiger charge is -2.47. The third-order valence-corrected chi connectivity index (χ3v) is 6.17. The molecule has 0 spiro atoms.